The van der Waals surface area contributed by atoms with Gasteiger partial charge in [-0.3, -0.25) is 0 Å². The molecule has 0 nitrogen and oxygen atoms in total. The van der Waals surface area contributed by atoms with Crippen LogP contribution in [0.5, 0.6) is 0 Å². The van der Waals surface area contributed by atoms with Crippen LogP contribution in [-0.4, -0.2) is 1.12 Å². The SMILES string of the molecule is [2H]Sc1ccccc1. The van der Waals surface area contributed by atoms with E-state index >= 15 is 0 Å². The van der Waals surface area contributed by atoms with E-state index in [2.05, 4.69) is 0 Å². The molecule has 0 spiro atoms. The molecule has 36 valence electrons. The van der Waals surface area contributed by atoms with Crippen molar-refractivity contribution in [2.45, 2.75) is 4.90 Å². The van der Waals surface area contributed by atoms with Crippen molar-refractivity contribution in [3.8, 4) is 0 Å². The van der Waals surface area contributed by atoms with E-state index in [1.165, 1.54) is 0 Å². The largest absolute Gasteiger partial charge is 0.143 e. The van der Waals surface area contributed by atoms with Gasteiger partial charge in [-0.1, -0.05) is 18.2 Å². The summed E-state index contributed by atoms with van der Waals surface area (Å²) in [6.07, 6.45) is 0. The second-order valence-electron chi connectivity index (χ2n) is 1.31. The van der Waals surface area contributed by atoms with Gasteiger partial charge in [0.05, 0.1) is 0 Å². The zero-order valence-corrected chi connectivity index (χ0v) is 4.61. The van der Waals surface area contributed by atoms with E-state index in [0.717, 1.165) is 17.4 Å². The summed E-state index contributed by atoms with van der Waals surface area (Å²) in [6, 6.07) is 9.63. The van der Waals surface area contributed by atoms with Gasteiger partial charge in [-0.25, -0.2) is 0 Å². The highest BCUT2D eigenvalue weighted by molar-refractivity contribution is 7.80. The second kappa shape index (κ2) is 2.03. The highest BCUT2D eigenvalue weighted by atomic mass is 32.1. The Labute approximate surface area is 49.7 Å². The molecule has 0 unspecified atom stereocenters. The normalized spacial score (nSPS) is 10.6. The summed E-state index contributed by atoms with van der Waals surface area (Å²) in [4.78, 5) is 0.993. The first-order valence-electron chi connectivity index (χ1n) is 2.52. The molecule has 0 bridgehead atoms. The standard InChI is InChI=1S/C6H6S/c7-6-4-2-1-3-5-6/h1-5,7H/i/hD. The Morgan fingerprint density at radius 3 is 2.43 bits per heavy atom. The third-order valence-corrected chi connectivity index (χ3v) is 1.02. The summed E-state index contributed by atoms with van der Waals surface area (Å²) >= 11 is 1.02. The first kappa shape index (κ1) is 3.56. The van der Waals surface area contributed by atoms with Gasteiger partial charge in [0.25, 0.3) is 0 Å². The van der Waals surface area contributed by atoms with Crippen molar-refractivity contribution in [3.05, 3.63) is 30.3 Å². The minimum Gasteiger partial charge on any atom is -0.143 e. The van der Waals surface area contributed by atoms with Crippen molar-refractivity contribution < 1.29 is 0 Å². The van der Waals surface area contributed by atoms with Gasteiger partial charge in [-0.15, -0.1) is 12.5 Å². The van der Waals surface area contributed by atoms with Gasteiger partial charge in [0.1, 0.15) is 1.12 Å². The molecule has 1 rings (SSSR count). The molecular weight excluding hydrogens is 104 g/mol. The van der Waals surface area contributed by atoms with E-state index in [1.807, 2.05) is 30.3 Å². The summed E-state index contributed by atoms with van der Waals surface area (Å²) in [7, 11) is 0. The summed E-state index contributed by atoms with van der Waals surface area (Å²) < 4.78 is 6.86. The molecule has 0 atom stereocenters. The fraction of sp³-hybridized carbons (Fsp3) is 0. The maximum atomic E-state index is 6.86. The van der Waals surface area contributed by atoms with Crippen LogP contribution in [0.2, 0.25) is 0 Å². The molecule has 0 heterocycles. The number of thiol groups is 1. The minimum atomic E-state index is 0.993. The average molecular weight is 111 g/mol. The lowest BCUT2D eigenvalue weighted by Crippen LogP contribution is -1.56. The zero-order chi connectivity index (χ0) is 5.82. The Morgan fingerprint density at radius 1 is 1.29 bits per heavy atom. The van der Waals surface area contributed by atoms with Crippen LogP contribution in [0.3, 0.4) is 0 Å². The summed E-state index contributed by atoms with van der Waals surface area (Å²) in [5, 5.41) is 0. The van der Waals surface area contributed by atoms with Crippen LogP contribution >= 0.6 is 12.5 Å². The van der Waals surface area contributed by atoms with Gasteiger partial charge in [-0.05, 0) is 12.1 Å². The van der Waals surface area contributed by atoms with Crippen LogP contribution in [0.4, 0.5) is 0 Å². The first-order valence-corrected chi connectivity index (χ1v) is 2.52. The summed E-state index contributed by atoms with van der Waals surface area (Å²) in [5.41, 5.74) is 0. The van der Waals surface area contributed by atoms with Gasteiger partial charge in [0.15, 0.2) is 0 Å². The highest BCUT2D eigenvalue weighted by Crippen LogP contribution is 2.00. The molecule has 1 heteroatoms. The minimum absolute atomic E-state index is 0.993. The smallest absolute Gasteiger partial charge is 0.108 e. The van der Waals surface area contributed by atoms with Crippen LogP contribution < -0.4 is 0 Å². The van der Waals surface area contributed by atoms with E-state index in [4.69, 9.17) is 1.12 Å². The van der Waals surface area contributed by atoms with Crippen molar-refractivity contribution in [1.29, 1.82) is 1.12 Å². The summed E-state index contributed by atoms with van der Waals surface area (Å²) in [5.74, 6) is 0. The van der Waals surface area contributed by atoms with E-state index < -0.39 is 0 Å². The third kappa shape index (κ3) is 1.24. The Balaban J connectivity index is 2.83. The van der Waals surface area contributed by atoms with E-state index in [9.17, 15) is 0 Å². The van der Waals surface area contributed by atoms with Crippen molar-refractivity contribution in [2.24, 2.45) is 0 Å². The molecule has 0 N–H and O–H groups in total. The Morgan fingerprint density at radius 2 is 2.00 bits per heavy atom. The lowest BCUT2D eigenvalue weighted by Gasteiger charge is -1.81. The molecule has 0 amide bonds. The quantitative estimate of drug-likeness (QED) is 0.526. The lowest BCUT2D eigenvalue weighted by atomic mass is 10.4. The van der Waals surface area contributed by atoms with Crippen molar-refractivity contribution in [2.75, 3.05) is 0 Å². The molecular formula is C6H6S. The molecule has 0 aliphatic carbocycles. The Bertz CT molecular complexity index is 150. The molecule has 1 aromatic carbocycles. The zero-order valence-electron chi connectivity index (χ0n) is 4.79. The monoisotopic (exact) mass is 111 g/mol. The van der Waals surface area contributed by atoms with Crippen molar-refractivity contribution in [3.63, 3.8) is 0 Å². The topological polar surface area (TPSA) is 0 Å². The molecule has 0 aliphatic heterocycles. The van der Waals surface area contributed by atoms with Gasteiger partial charge < -0.3 is 0 Å². The van der Waals surface area contributed by atoms with Crippen molar-refractivity contribution >= 4 is 12.5 Å². The molecule has 0 saturated heterocycles. The van der Waals surface area contributed by atoms with E-state index in [-0.39, 0.29) is 0 Å². The van der Waals surface area contributed by atoms with Gasteiger partial charge >= 0.3 is 0 Å². The maximum absolute atomic E-state index is 6.86. The van der Waals surface area contributed by atoms with Crippen molar-refractivity contribution in [1.82, 2.24) is 0 Å². The van der Waals surface area contributed by atoms with E-state index in [0.29, 0.717) is 0 Å². The molecule has 0 aromatic heterocycles. The molecule has 1 aromatic rings. The first-order chi connectivity index (χ1) is 3.93. The van der Waals surface area contributed by atoms with Crippen LogP contribution in [0.1, 0.15) is 0 Å². The van der Waals surface area contributed by atoms with Crippen LogP contribution in [0.25, 0.3) is 0 Å². The molecule has 0 aliphatic rings. The number of rotatable bonds is 1. The van der Waals surface area contributed by atoms with Gasteiger partial charge in [0, 0.05) is 4.90 Å². The average Bonchev–Trinajstić information content (AvgIpc) is 1.90. The Kier molecular flexibility index (Phi) is 1.03. The predicted octanol–water partition coefficient (Wildman–Crippen LogP) is 1.98. The maximum Gasteiger partial charge on any atom is 0.108 e. The molecule has 0 fully saturated rings. The van der Waals surface area contributed by atoms with Crippen LogP contribution in [0, 0.1) is 0 Å². The third-order valence-electron chi connectivity index (χ3n) is 0.743. The predicted molar refractivity (Wildman–Crippen MR) is 33.7 cm³/mol. The summed E-state index contributed by atoms with van der Waals surface area (Å²) in [6.45, 7) is 0. The molecule has 7 heavy (non-hydrogen) atoms. The second-order valence-corrected chi connectivity index (χ2v) is 1.78. The fourth-order valence-electron chi connectivity index (χ4n) is 0.420. The lowest BCUT2D eigenvalue weighted by molar-refractivity contribution is 1.48. The molecule has 0 radical (unpaired) electrons. The fourth-order valence-corrected chi connectivity index (χ4v) is 0.578. The molecule has 0 saturated carbocycles. The van der Waals surface area contributed by atoms with Gasteiger partial charge in [-0.2, -0.15) is 0 Å². The van der Waals surface area contributed by atoms with E-state index in [1.54, 1.807) is 0 Å². The van der Waals surface area contributed by atoms with Gasteiger partial charge in [0.2, 0.25) is 0 Å². The Hall–Kier alpha value is -0.430. The van der Waals surface area contributed by atoms with Crippen LogP contribution in [0.15, 0.2) is 35.2 Å². The highest BCUT2D eigenvalue weighted by Gasteiger charge is 1.73. The number of hydrogen-bond donors (Lipinski definition) is 1. The van der Waals surface area contributed by atoms with Crippen LogP contribution in [-0.2, 0) is 0 Å². The number of benzene rings is 1. The number of hydrogen-bond acceptors (Lipinski definition) is 1.